The maximum Gasteiger partial charge on any atom is 0.420 e. The summed E-state index contributed by atoms with van der Waals surface area (Å²) in [5.74, 6) is -0.900. The summed E-state index contributed by atoms with van der Waals surface area (Å²) < 4.78 is 34.1. The van der Waals surface area contributed by atoms with Crippen LogP contribution in [0.4, 0.5) is 0 Å². The van der Waals surface area contributed by atoms with E-state index in [1.807, 2.05) is 6.92 Å². The first-order chi connectivity index (χ1) is 13.9. The number of amides is 1. The Hall–Kier alpha value is -2.13. The van der Waals surface area contributed by atoms with Gasteiger partial charge < -0.3 is 9.73 Å². The Labute approximate surface area is 169 Å². The summed E-state index contributed by atoms with van der Waals surface area (Å²) in [5, 5.41) is 2.95. The molecule has 1 amide bonds. The number of aromatic nitrogens is 1. The molecule has 0 unspecified atom stereocenters. The summed E-state index contributed by atoms with van der Waals surface area (Å²) >= 11 is 0. The molecule has 2 heterocycles. The quantitative estimate of drug-likeness (QED) is 0.798. The molecule has 1 aliphatic carbocycles. The van der Waals surface area contributed by atoms with Gasteiger partial charge in [-0.05, 0) is 44.7 Å². The average Bonchev–Trinajstić information content (AvgIpc) is 3.29. The fourth-order valence-electron chi connectivity index (χ4n) is 4.41. The van der Waals surface area contributed by atoms with Gasteiger partial charge in [-0.1, -0.05) is 19.3 Å². The number of fused-ring (bicyclic) bond motifs is 1. The second-order valence-corrected chi connectivity index (χ2v) is 9.98. The lowest BCUT2D eigenvalue weighted by Crippen LogP contribution is -2.41. The van der Waals surface area contributed by atoms with Crippen molar-refractivity contribution in [2.24, 2.45) is 0 Å². The third-order valence-corrected chi connectivity index (χ3v) is 8.02. The lowest BCUT2D eigenvalue weighted by atomic mass is 10.1. The van der Waals surface area contributed by atoms with Crippen LogP contribution < -0.4 is 11.1 Å². The highest BCUT2D eigenvalue weighted by atomic mass is 32.2. The average molecular weight is 422 g/mol. The number of rotatable bonds is 5. The van der Waals surface area contributed by atoms with Crippen molar-refractivity contribution >= 4 is 27.0 Å². The standard InChI is InChI=1S/C20H27N3O5S/c1-14-6-4-5-11-23(14)29(26,27)16-9-10-17-18(12-16)28-20(25)22(17)13-19(24)21-15-7-2-3-8-15/h9-10,12,14-15H,2-8,11,13H2,1H3,(H,21,24)/t14-/m1/s1. The number of carbonyl (C=O) groups excluding carboxylic acids is 1. The van der Waals surface area contributed by atoms with Crippen molar-refractivity contribution in [3.63, 3.8) is 0 Å². The summed E-state index contributed by atoms with van der Waals surface area (Å²) in [4.78, 5) is 24.7. The maximum absolute atomic E-state index is 13.0. The van der Waals surface area contributed by atoms with Crippen LogP contribution in [-0.2, 0) is 21.4 Å². The van der Waals surface area contributed by atoms with E-state index in [0.717, 1.165) is 44.9 Å². The summed E-state index contributed by atoms with van der Waals surface area (Å²) in [6.07, 6.45) is 6.83. The molecule has 2 aromatic rings. The minimum absolute atomic E-state index is 0.0552. The van der Waals surface area contributed by atoms with Crippen LogP contribution in [0.3, 0.4) is 0 Å². The Bertz CT molecular complexity index is 1070. The predicted octanol–water partition coefficient (Wildman–Crippen LogP) is 2.22. The molecule has 1 N–H and O–H groups in total. The summed E-state index contributed by atoms with van der Waals surface area (Å²) in [6.45, 7) is 2.26. The minimum Gasteiger partial charge on any atom is -0.408 e. The van der Waals surface area contributed by atoms with Gasteiger partial charge in [0.05, 0.1) is 10.4 Å². The fraction of sp³-hybridized carbons (Fsp3) is 0.600. The van der Waals surface area contributed by atoms with Crippen molar-refractivity contribution in [1.82, 2.24) is 14.2 Å². The van der Waals surface area contributed by atoms with E-state index in [-0.39, 0.29) is 35.0 Å². The first-order valence-corrected chi connectivity index (χ1v) is 11.7. The highest BCUT2D eigenvalue weighted by Crippen LogP contribution is 2.27. The Kier molecular flexibility index (Phi) is 5.52. The first kappa shape index (κ1) is 20.2. The van der Waals surface area contributed by atoms with Crippen molar-refractivity contribution < 1.29 is 17.6 Å². The molecule has 0 bridgehead atoms. The molecule has 1 atom stereocenters. The lowest BCUT2D eigenvalue weighted by molar-refractivity contribution is -0.122. The number of nitrogens with zero attached hydrogens (tertiary/aromatic N) is 2. The number of hydrogen-bond donors (Lipinski definition) is 1. The minimum atomic E-state index is -3.66. The highest BCUT2D eigenvalue weighted by molar-refractivity contribution is 7.89. The molecule has 158 valence electrons. The molecule has 29 heavy (non-hydrogen) atoms. The lowest BCUT2D eigenvalue weighted by Gasteiger charge is -2.32. The van der Waals surface area contributed by atoms with Crippen LogP contribution in [0.2, 0.25) is 0 Å². The van der Waals surface area contributed by atoms with Gasteiger partial charge >= 0.3 is 5.76 Å². The highest BCUT2D eigenvalue weighted by Gasteiger charge is 2.31. The Morgan fingerprint density at radius 1 is 1.17 bits per heavy atom. The fourth-order valence-corrected chi connectivity index (χ4v) is 6.12. The Morgan fingerprint density at radius 3 is 2.62 bits per heavy atom. The number of sulfonamides is 1. The van der Waals surface area contributed by atoms with Crippen molar-refractivity contribution in [1.29, 1.82) is 0 Å². The molecule has 9 heteroatoms. The van der Waals surface area contributed by atoms with Crippen LogP contribution in [0.15, 0.2) is 32.3 Å². The van der Waals surface area contributed by atoms with E-state index in [2.05, 4.69) is 5.32 Å². The zero-order valence-corrected chi connectivity index (χ0v) is 17.4. The van der Waals surface area contributed by atoms with Gasteiger partial charge in [-0.2, -0.15) is 4.31 Å². The summed E-state index contributed by atoms with van der Waals surface area (Å²) in [7, 11) is -3.66. The van der Waals surface area contributed by atoms with E-state index in [1.165, 1.54) is 21.0 Å². The van der Waals surface area contributed by atoms with Crippen LogP contribution in [-0.4, -0.2) is 41.8 Å². The summed E-state index contributed by atoms with van der Waals surface area (Å²) in [6, 6.07) is 4.53. The van der Waals surface area contributed by atoms with Gasteiger partial charge in [-0.25, -0.2) is 13.2 Å². The van der Waals surface area contributed by atoms with E-state index in [1.54, 1.807) is 6.07 Å². The molecule has 0 radical (unpaired) electrons. The monoisotopic (exact) mass is 421 g/mol. The molecule has 0 spiro atoms. The third-order valence-electron chi connectivity index (χ3n) is 6.01. The SMILES string of the molecule is C[C@@H]1CCCCN1S(=O)(=O)c1ccc2c(c1)oc(=O)n2CC(=O)NC1CCCC1. The second kappa shape index (κ2) is 7.95. The Balaban J connectivity index is 1.59. The Morgan fingerprint density at radius 2 is 1.90 bits per heavy atom. The van der Waals surface area contributed by atoms with E-state index in [9.17, 15) is 18.0 Å². The zero-order valence-electron chi connectivity index (χ0n) is 16.6. The second-order valence-electron chi connectivity index (χ2n) is 8.09. The number of nitrogens with one attached hydrogen (secondary N) is 1. The van der Waals surface area contributed by atoms with Gasteiger partial charge in [0.15, 0.2) is 5.58 Å². The van der Waals surface area contributed by atoms with Crippen LogP contribution in [0.25, 0.3) is 11.1 Å². The smallest absolute Gasteiger partial charge is 0.408 e. The normalized spacial score (nSPS) is 21.6. The van der Waals surface area contributed by atoms with E-state index in [4.69, 9.17) is 4.42 Å². The van der Waals surface area contributed by atoms with Crippen LogP contribution in [0.5, 0.6) is 0 Å². The van der Waals surface area contributed by atoms with Gasteiger partial charge in [0.25, 0.3) is 0 Å². The van der Waals surface area contributed by atoms with Gasteiger partial charge in [-0.3, -0.25) is 9.36 Å². The molecule has 1 aliphatic heterocycles. The number of benzene rings is 1. The molecule has 4 rings (SSSR count). The van der Waals surface area contributed by atoms with Gasteiger partial charge in [0.2, 0.25) is 15.9 Å². The first-order valence-electron chi connectivity index (χ1n) is 10.3. The topological polar surface area (TPSA) is 102 Å². The number of oxazole rings is 1. The zero-order chi connectivity index (χ0) is 20.6. The molecule has 1 saturated heterocycles. The van der Waals surface area contributed by atoms with E-state index >= 15 is 0 Å². The van der Waals surface area contributed by atoms with E-state index < -0.39 is 15.8 Å². The predicted molar refractivity (Wildman–Crippen MR) is 108 cm³/mol. The number of carbonyl (C=O) groups is 1. The molecular weight excluding hydrogens is 394 g/mol. The molecule has 1 aromatic carbocycles. The molecule has 1 saturated carbocycles. The number of piperidine rings is 1. The van der Waals surface area contributed by atoms with Gasteiger partial charge in [0.1, 0.15) is 6.54 Å². The van der Waals surface area contributed by atoms with Crippen molar-refractivity contribution in [3.05, 3.63) is 28.7 Å². The number of hydrogen-bond acceptors (Lipinski definition) is 5. The maximum atomic E-state index is 13.0. The molecule has 2 fully saturated rings. The molecular formula is C20H27N3O5S. The van der Waals surface area contributed by atoms with Crippen LogP contribution >= 0.6 is 0 Å². The third kappa shape index (κ3) is 3.98. The van der Waals surface area contributed by atoms with E-state index in [0.29, 0.717) is 12.1 Å². The van der Waals surface area contributed by atoms with Crippen LogP contribution in [0, 0.1) is 0 Å². The van der Waals surface area contributed by atoms with Gasteiger partial charge in [0, 0.05) is 24.7 Å². The summed E-state index contributed by atoms with van der Waals surface area (Å²) in [5.41, 5.74) is 0.594. The van der Waals surface area contributed by atoms with Crippen molar-refractivity contribution in [3.8, 4) is 0 Å². The molecule has 8 nitrogen and oxygen atoms in total. The van der Waals surface area contributed by atoms with Gasteiger partial charge in [-0.15, -0.1) is 0 Å². The van der Waals surface area contributed by atoms with Crippen LogP contribution in [0.1, 0.15) is 51.9 Å². The van der Waals surface area contributed by atoms with Crippen molar-refractivity contribution in [2.45, 2.75) is 75.4 Å². The largest absolute Gasteiger partial charge is 0.420 e. The van der Waals surface area contributed by atoms with Crippen molar-refractivity contribution in [2.75, 3.05) is 6.54 Å². The molecule has 1 aromatic heterocycles. The molecule has 2 aliphatic rings.